The lowest BCUT2D eigenvalue weighted by atomic mass is 9.89. The number of pyridine rings is 1. The zero-order valence-electron chi connectivity index (χ0n) is 27.1. The Hall–Kier alpha value is -3.16. The molecule has 6 rings (SSSR count). The number of halogens is 1. The molecule has 0 radical (unpaired) electrons. The van der Waals surface area contributed by atoms with E-state index in [9.17, 15) is 9.90 Å². The van der Waals surface area contributed by atoms with Gasteiger partial charge >= 0.3 is 5.97 Å². The topological polar surface area (TPSA) is 68.7 Å². The number of aliphatic carboxylic acids is 1. The third-order valence-electron chi connectivity index (χ3n) is 9.30. The van der Waals surface area contributed by atoms with Crippen LogP contribution in [0.2, 0.25) is 5.02 Å². The summed E-state index contributed by atoms with van der Waals surface area (Å²) in [4.78, 5) is 16.4. The first-order chi connectivity index (χ1) is 22.9. The van der Waals surface area contributed by atoms with Gasteiger partial charge in [0.1, 0.15) is 0 Å². The first kappa shape index (κ1) is 33.7. The van der Waals surface area contributed by atoms with Crippen LogP contribution in [-0.4, -0.2) is 41.3 Å². The summed E-state index contributed by atoms with van der Waals surface area (Å²) in [5.41, 5.74) is 7.94. The van der Waals surface area contributed by atoms with E-state index < -0.39 is 5.97 Å². The van der Waals surface area contributed by atoms with Crippen molar-refractivity contribution < 1.29 is 19.4 Å². The third kappa shape index (κ3) is 9.05. The Balaban J connectivity index is 1.26. The van der Waals surface area contributed by atoms with Crippen LogP contribution in [0.15, 0.2) is 72.8 Å². The summed E-state index contributed by atoms with van der Waals surface area (Å²) in [5, 5.41) is 11.5. The third-order valence-corrected chi connectivity index (χ3v) is 11.3. The van der Waals surface area contributed by atoms with Gasteiger partial charge in [0.25, 0.3) is 0 Å². The average molecular weight is 670 g/mol. The van der Waals surface area contributed by atoms with E-state index in [4.69, 9.17) is 26.1 Å². The summed E-state index contributed by atoms with van der Waals surface area (Å²) in [6, 6.07) is 25.4. The SMILES string of the molecule is CCC(SCC1(CC(=O)O)CC1)c1cccc(CCCOC2CCCCO2)c1-c1cccc(C=Cc2ccc3ccc(Cl)cc3n2)c1. The van der Waals surface area contributed by atoms with Crippen molar-refractivity contribution in [2.75, 3.05) is 19.0 Å². The van der Waals surface area contributed by atoms with Crippen LogP contribution in [0.4, 0.5) is 0 Å². The Bertz CT molecular complexity index is 1710. The van der Waals surface area contributed by atoms with E-state index in [2.05, 4.69) is 67.6 Å². The predicted molar refractivity (Wildman–Crippen MR) is 195 cm³/mol. The molecule has 2 aliphatic rings. The van der Waals surface area contributed by atoms with Gasteiger partial charge in [0.15, 0.2) is 6.29 Å². The molecule has 1 saturated carbocycles. The quantitative estimate of drug-likeness (QED) is 0.127. The van der Waals surface area contributed by atoms with Crippen molar-refractivity contribution >= 4 is 52.4 Å². The van der Waals surface area contributed by atoms with Crippen molar-refractivity contribution in [3.05, 3.63) is 100 Å². The van der Waals surface area contributed by atoms with Crippen LogP contribution in [0.1, 0.15) is 85.9 Å². The lowest BCUT2D eigenvalue weighted by Gasteiger charge is -2.24. The van der Waals surface area contributed by atoms with Gasteiger partial charge in [0.2, 0.25) is 0 Å². The maximum atomic E-state index is 11.6. The molecule has 1 aromatic heterocycles. The number of nitrogens with zero attached hydrogens (tertiary/aromatic N) is 1. The highest BCUT2D eigenvalue weighted by Gasteiger charge is 2.44. The van der Waals surface area contributed by atoms with Gasteiger partial charge in [-0.25, -0.2) is 4.98 Å². The molecule has 5 nitrogen and oxygen atoms in total. The van der Waals surface area contributed by atoms with E-state index in [0.717, 1.165) is 85.9 Å². The molecule has 2 unspecified atom stereocenters. The Kier molecular flexibility index (Phi) is 11.4. The number of rotatable bonds is 15. The van der Waals surface area contributed by atoms with Gasteiger partial charge < -0.3 is 14.6 Å². The van der Waals surface area contributed by atoms with Crippen LogP contribution in [-0.2, 0) is 20.7 Å². The highest BCUT2D eigenvalue weighted by Crippen LogP contribution is 2.54. The van der Waals surface area contributed by atoms with Crippen LogP contribution < -0.4 is 0 Å². The number of hydrogen-bond acceptors (Lipinski definition) is 5. The number of ether oxygens (including phenoxy) is 2. The first-order valence-corrected chi connectivity index (χ1v) is 18.4. The van der Waals surface area contributed by atoms with Crippen molar-refractivity contribution in [2.24, 2.45) is 5.41 Å². The molecule has 0 amide bonds. The van der Waals surface area contributed by atoms with Gasteiger partial charge in [0, 0.05) is 28.0 Å². The van der Waals surface area contributed by atoms with Gasteiger partial charge in [-0.3, -0.25) is 4.79 Å². The summed E-state index contributed by atoms with van der Waals surface area (Å²) in [5.74, 6) is 0.191. The Labute approximate surface area is 287 Å². The lowest BCUT2D eigenvalue weighted by molar-refractivity contribution is -0.162. The van der Waals surface area contributed by atoms with Crippen molar-refractivity contribution in [3.8, 4) is 11.1 Å². The standard InChI is InChI=1S/C40H44ClNO4S/c1-2-36(47-27-40(20-21-40)26-37(43)44)34-12-6-9-30(11-7-23-46-38-13-3-4-22-45-38)39(34)31-10-5-8-28(24-31)14-18-33-19-16-29-15-17-32(41)25-35(29)42-33/h5-6,8-10,12,14-19,24-25,36,38H,2-4,7,11,13,20-23,26-27H2,1H3,(H,43,44). The molecule has 246 valence electrons. The first-order valence-electron chi connectivity index (χ1n) is 16.9. The van der Waals surface area contributed by atoms with Crippen LogP contribution in [0.3, 0.4) is 0 Å². The molecule has 0 bridgehead atoms. The molecule has 1 aliphatic carbocycles. The fourth-order valence-corrected chi connectivity index (χ4v) is 8.25. The number of hydrogen-bond donors (Lipinski definition) is 1. The van der Waals surface area contributed by atoms with Gasteiger partial charge in [-0.15, -0.1) is 0 Å². The molecule has 2 atom stereocenters. The van der Waals surface area contributed by atoms with Crippen LogP contribution in [0.5, 0.6) is 0 Å². The minimum Gasteiger partial charge on any atom is -0.481 e. The van der Waals surface area contributed by atoms with E-state index in [0.29, 0.717) is 11.6 Å². The van der Waals surface area contributed by atoms with Gasteiger partial charge in [-0.05, 0) is 115 Å². The largest absolute Gasteiger partial charge is 0.481 e. The Morgan fingerprint density at radius 3 is 2.74 bits per heavy atom. The van der Waals surface area contributed by atoms with Crippen molar-refractivity contribution in [2.45, 2.75) is 76.3 Å². The number of aromatic nitrogens is 1. The molecular weight excluding hydrogens is 626 g/mol. The van der Waals surface area contributed by atoms with E-state index >= 15 is 0 Å². The molecule has 2 fully saturated rings. The zero-order valence-corrected chi connectivity index (χ0v) is 28.7. The summed E-state index contributed by atoms with van der Waals surface area (Å²) in [6.45, 7) is 3.70. The number of benzene rings is 3. The predicted octanol–water partition coefficient (Wildman–Crippen LogP) is 10.6. The molecule has 47 heavy (non-hydrogen) atoms. The molecule has 1 saturated heterocycles. The molecule has 2 heterocycles. The fraction of sp³-hybridized carbons (Fsp3) is 0.400. The van der Waals surface area contributed by atoms with Crippen molar-refractivity contribution in [3.63, 3.8) is 0 Å². The van der Waals surface area contributed by atoms with E-state index in [-0.39, 0.29) is 23.4 Å². The fourth-order valence-electron chi connectivity index (χ4n) is 6.52. The lowest BCUT2D eigenvalue weighted by Crippen LogP contribution is -2.22. The molecule has 0 spiro atoms. The number of aryl methyl sites for hydroxylation is 1. The van der Waals surface area contributed by atoms with Crippen molar-refractivity contribution in [1.29, 1.82) is 0 Å². The Morgan fingerprint density at radius 2 is 1.96 bits per heavy atom. The number of carboxylic acids is 1. The molecular formula is C40H44ClNO4S. The number of carboxylic acid groups (broad SMARTS) is 1. The number of fused-ring (bicyclic) bond motifs is 1. The summed E-state index contributed by atoms with van der Waals surface area (Å²) in [7, 11) is 0. The molecule has 1 aliphatic heterocycles. The van der Waals surface area contributed by atoms with Crippen LogP contribution in [0, 0.1) is 5.41 Å². The average Bonchev–Trinajstić information content (AvgIpc) is 3.85. The highest BCUT2D eigenvalue weighted by atomic mass is 35.5. The van der Waals surface area contributed by atoms with Crippen LogP contribution >= 0.6 is 23.4 Å². The molecule has 1 N–H and O–H groups in total. The van der Waals surface area contributed by atoms with Gasteiger partial charge in [-0.2, -0.15) is 11.8 Å². The molecule has 4 aromatic rings. The summed E-state index contributed by atoms with van der Waals surface area (Å²) in [6.07, 6.45) is 12.4. The Morgan fingerprint density at radius 1 is 1.11 bits per heavy atom. The minimum atomic E-state index is -0.688. The van der Waals surface area contributed by atoms with E-state index in [1.165, 1.54) is 22.3 Å². The van der Waals surface area contributed by atoms with Gasteiger partial charge in [-0.1, -0.05) is 73.1 Å². The second kappa shape index (κ2) is 15.8. The smallest absolute Gasteiger partial charge is 0.303 e. The number of thioether (sulfide) groups is 1. The maximum Gasteiger partial charge on any atom is 0.303 e. The zero-order chi connectivity index (χ0) is 32.6. The maximum absolute atomic E-state index is 11.6. The summed E-state index contributed by atoms with van der Waals surface area (Å²) < 4.78 is 11.9. The molecule has 7 heteroatoms. The monoisotopic (exact) mass is 669 g/mol. The van der Waals surface area contributed by atoms with Crippen LogP contribution in [0.25, 0.3) is 34.2 Å². The summed E-state index contributed by atoms with van der Waals surface area (Å²) >= 11 is 8.15. The normalized spacial score (nSPS) is 18.0. The number of carbonyl (C=O) groups is 1. The highest BCUT2D eigenvalue weighted by molar-refractivity contribution is 7.99. The van der Waals surface area contributed by atoms with E-state index in [1.807, 2.05) is 36.0 Å². The van der Waals surface area contributed by atoms with Gasteiger partial charge in [0.05, 0.1) is 24.2 Å². The second-order valence-electron chi connectivity index (χ2n) is 13.0. The second-order valence-corrected chi connectivity index (χ2v) is 14.6. The minimum absolute atomic E-state index is 0.0485. The van der Waals surface area contributed by atoms with Crippen molar-refractivity contribution in [1.82, 2.24) is 4.98 Å². The molecule has 3 aromatic carbocycles. The van der Waals surface area contributed by atoms with E-state index in [1.54, 1.807) is 0 Å².